The molecule has 0 saturated carbocycles. The summed E-state index contributed by atoms with van der Waals surface area (Å²) in [4.78, 5) is 24.4. The molecule has 0 aromatic carbocycles. The van der Waals surface area contributed by atoms with Crippen LogP contribution in [0.3, 0.4) is 0 Å². The molecule has 2 N–H and O–H groups in total. The van der Waals surface area contributed by atoms with Gasteiger partial charge in [-0.3, -0.25) is 4.90 Å². The van der Waals surface area contributed by atoms with Gasteiger partial charge in [0, 0.05) is 38.1 Å². The first-order valence-corrected chi connectivity index (χ1v) is 8.36. The number of carbonyl (C=O) groups is 1. The molecule has 0 spiro atoms. The third kappa shape index (κ3) is 3.67. The van der Waals surface area contributed by atoms with Gasteiger partial charge in [0.05, 0.1) is 31.1 Å². The Labute approximate surface area is 137 Å². The van der Waals surface area contributed by atoms with Crippen molar-refractivity contribution < 1.29 is 9.53 Å². The number of amides is 2. The molecule has 2 amide bonds. The largest absolute Gasteiger partial charge is 0.379 e. The van der Waals surface area contributed by atoms with Gasteiger partial charge in [-0.1, -0.05) is 0 Å². The average molecular weight is 321 g/mol. The lowest BCUT2D eigenvalue weighted by Gasteiger charge is -2.41. The SMILES string of the molecule is Cc1nc2c([nH]1)CN(C(=O)NCC(C)(C)N1CCOCC1)CC2. The Kier molecular flexibility index (Phi) is 4.59. The highest BCUT2D eigenvalue weighted by atomic mass is 16.5. The van der Waals surface area contributed by atoms with Gasteiger partial charge in [0.25, 0.3) is 0 Å². The number of morpholine rings is 1. The highest BCUT2D eigenvalue weighted by molar-refractivity contribution is 5.74. The number of urea groups is 1. The number of imidazole rings is 1. The van der Waals surface area contributed by atoms with E-state index in [1.165, 1.54) is 0 Å². The standard InChI is InChI=1S/C16H27N5O2/c1-12-18-13-4-5-20(10-14(13)19-12)15(22)17-11-16(2,3)21-6-8-23-9-7-21/h4-11H2,1-3H3,(H,17,22)(H,18,19). The second-order valence-electron chi connectivity index (χ2n) is 6.99. The molecule has 0 atom stereocenters. The molecule has 2 aliphatic heterocycles. The molecule has 0 bridgehead atoms. The van der Waals surface area contributed by atoms with Crippen molar-refractivity contribution in [3.05, 3.63) is 17.2 Å². The zero-order valence-corrected chi connectivity index (χ0v) is 14.3. The molecule has 1 aromatic heterocycles. The average Bonchev–Trinajstić information content (AvgIpc) is 2.92. The van der Waals surface area contributed by atoms with Crippen LogP contribution in [-0.2, 0) is 17.7 Å². The Bertz CT molecular complexity index is 563. The van der Waals surface area contributed by atoms with Gasteiger partial charge in [0.15, 0.2) is 0 Å². The van der Waals surface area contributed by atoms with Crippen LogP contribution in [-0.4, -0.2) is 70.7 Å². The lowest BCUT2D eigenvalue weighted by molar-refractivity contribution is -0.00908. The minimum absolute atomic E-state index is 0.00392. The number of aryl methyl sites for hydroxylation is 1. The molecule has 3 rings (SSSR count). The van der Waals surface area contributed by atoms with Crippen LogP contribution in [0.15, 0.2) is 0 Å². The summed E-state index contributed by atoms with van der Waals surface area (Å²) >= 11 is 0. The first-order chi connectivity index (χ1) is 11.0. The molecule has 0 unspecified atom stereocenters. The molecule has 1 saturated heterocycles. The third-order valence-corrected chi connectivity index (χ3v) is 4.78. The molecule has 128 valence electrons. The van der Waals surface area contributed by atoms with E-state index in [2.05, 4.69) is 34.0 Å². The summed E-state index contributed by atoms with van der Waals surface area (Å²) in [6.45, 7) is 11.6. The summed E-state index contributed by atoms with van der Waals surface area (Å²) < 4.78 is 5.40. The van der Waals surface area contributed by atoms with Crippen molar-refractivity contribution in [3.8, 4) is 0 Å². The van der Waals surface area contributed by atoms with E-state index in [1.54, 1.807) is 0 Å². The second-order valence-corrected chi connectivity index (χ2v) is 6.99. The maximum absolute atomic E-state index is 12.5. The van der Waals surface area contributed by atoms with Crippen LogP contribution >= 0.6 is 0 Å². The van der Waals surface area contributed by atoms with Gasteiger partial charge < -0.3 is 19.9 Å². The van der Waals surface area contributed by atoms with Gasteiger partial charge >= 0.3 is 6.03 Å². The fourth-order valence-electron chi connectivity index (χ4n) is 3.29. The molecule has 2 aliphatic rings. The number of rotatable bonds is 3. The molecule has 7 nitrogen and oxygen atoms in total. The number of H-pyrrole nitrogens is 1. The summed E-state index contributed by atoms with van der Waals surface area (Å²) in [6, 6.07) is 0.00392. The van der Waals surface area contributed by atoms with Gasteiger partial charge in [0.2, 0.25) is 0 Å². The lowest BCUT2D eigenvalue weighted by atomic mass is 10.0. The molecule has 3 heterocycles. The monoisotopic (exact) mass is 321 g/mol. The first kappa shape index (κ1) is 16.3. The van der Waals surface area contributed by atoms with Crippen LogP contribution in [0.4, 0.5) is 4.79 Å². The van der Waals surface area contributed by atoms with Crippen LogP contribution in [0.5, 0.6) is 0 Å². The number of fused-ring (bicyclic) bond motifs is 1. The lowest BCUT2D eigenvalue weighted by Crippen LogP contribution is -2.56. The second kappa shape index (κ2) is 6.49. The molecule has 0 aliphatic carbocycles. The van der Waals surface area contributed by atoms with Crippen molar-refractivity contribution in [2.45, 2.75) is 39.3 Å². The van der Waals surface area contributed by atoms with Crippen LogP contribution in [0.2, 0.25) is 0 Å². The number of carbonyl (C=O) groups excluding carboxylic acids is 1. The smallest absolute Gasteiger partial charge is 0.317 e. The van der Waals surface area contributed by atoms with Crippen LogP contribution in [0, 0.1) is 6.92 Å². The van der Waals surface area contributed by atoms with Gasteiger partial charge in [-0.15, -0.1) is 0 Å². The Balaban J connectivity index is 1.53. The van der Waals surface area contributed by atoms with E-state index in [9.17, 15) is 4.79 Å². The number of nitrogens with zero attached hydrogens (tertiary/aromatic N) is 3. The Morgan fingerprint density at radius 2 is 2.09 bits per heavy atom. The van der Waals surface area contributed by atoms with Crippen molar-refractivity contribution in [3.63, 3.8) is 0 Å². The van der Waals surface area contributed by atoms with E-state index < -0.39 is 0 Å². The van der Waals surface area contributed by atoms with Crippen molar-refractivity contribution in [2.75, 3.05) is 39.4 Å². The number of aromatic nitrogens is 2. The maximum atomic E-state index is 12.5. The summed E-state index contributed by atoms with van der Waals surface area (Å²) in [5.41, 5.74) is 2.10. The van der Waals surface area contributed by atoms with E-state index in [0.29, 0.717) is 13.1 Å². The number of hydrogen-bond acceptors (Lipinski definition) is 4. The molecule has 1 aromatic rings. The van der Waals surface area contributed by atoms with E-state index in [0.717, 1.165) is 56.5 Å². The normalized spacial score (nSPS) is 19.5. The fraction of sp³-hybridized carbons (Fsp3) is 0.750. The molecular formula is C16H27N5O2. The summed E-state index contributed by atoms with van der Waals surface area (Å²) in [5.74, 6) is 0.922. The molecular weight excluding hydrogens is 294 g/mol. The van der Waals surface area contributed by atoms with Crippen molar-refractivity contribution in [1.29, 1.82) is 0 Å². The number of aromatic amines is 1. The highest BCUT2D eigenvalue weighted by Gasteiger charge is 2.30. The molecule has 23 heavy (non-hydrogen) atoms. The van der Waals surface area contributed by atoms with E-state index in [4.69, 9.17) is 4.74 Å². The minimum Gasteiger partial charge on any atom is -0.379 e. The van der Waals surface area contributed by atoms with E-state index in [1.807, 2.05) is 11.8 Å². The minimum atomic E-state index is -0.0645. The van der Waals surface area contributed by atoms with Gasteiger partial charge in [-0.05, 0) is 20.8 Å². The van der Waals surface area contributed by atoms with Gasteiger partial charge in [-0.2, -0.15) is 0 Å². The fourth-order valence-corrected chi connectivity index (χ4v) is 3.29. The predicted octanol–water partition coefficient (Wildman–Crippen LogP) is 0.897. The zero-order valence-electron chi connectivity index (χ0n) is 14.3. The van der Waals surface area contributed by atoms with E-state index in [-0.39, 0.29) is 11.6 Å². The van der Waals surface area contributed by atoms with E-state index >= 15 is 0 Å². The number of ether oxygens (including phenoxy) is 1. The Morgan fingerprint density at radius 1 is 1.35 bits per heavy atom. The topological polar surface area (TPSA) is 73.5 Å². The highest BCUT2D eigenvalue weighted by Crippen LogP contribution is 2.18. The molecule has 1 fully saturated rings. The quantitative estimate of drug-likeness (QED) is 0.867. The Morgan fingerprint density at radius 3 is 2.83 bits per heavy atom. The number of hydrogen-bond donors (Lipinski definition) is 2. The molecule has 7 heteroatoms. The summed E-state index contributed by atoms with van der Waals surface area (Å²) in [7, 11) is 0. The summed E-state index contributed by atoms with van der Waals surface area (Å²) in [5, 5.41) is 3.10. The van der Waals surface area contributed by atoms with Gasteiger partial charge in [0.1, 0.15) is 5.82 Å². The zero-order chi connectivity index (χ0) is 16.4. The predicted molar refractivity (Wildman–Crippen MR) is 87.3 cm³/mol. The Hall–Kier alpha value is -1.60. The molecule has 0 radical (unpaired) electrons. The van der Waals surface area contributed by atoms with Crippen LogP contribution < -0.4 is 5.32 Å². The van der Waals surface area contributed by atoms with Gasteiger partial charge in [-0.25, -0.2) is 9.78 Å². The number of nitrogens with one attached hydrogen (secondary N) is 2. The maximum Gasteiger partial charge on any atom is 0.317 e. The van der Waals surface area contributed by atoms with Crippen molar-refractivity contribution in [2.24, 2.45) is 0 Å². The van der Waals surface area contributed by atoms with Crippen molar-refractivity contribution in [1.82, 2.24) is 25.1 Å². The van der Waals surface area contributed by atoms with Crippen molar-refractivity contribution >= 4 is 6.03 Å². The third-order valence-electron chi connectivity index (χ3n) is 4.78. The summed E-state index contributed by atoms with van der Waals surface area (Å²) in [6.07, 6.45) is 0.819. The first-order valence-electron chi connectivity index (χ1n) is 8.36. The van der Waals surface area contributed by atoms with Crippen LogP contribution in [0.25, 0.3) is 0 Å². The van der Waals surface area contributed by atoms with Crippen LogP contribution in [0.1, 0.15) is 31.1 Å².